The number of halogens is 1. The Morgan fingerprint density at radius 2 is 1.60 bits per heavy atom. The normalized spacial score (nSPS) is 10.1. The highest BCUT2D eigenvalue weighted by atomic mass is 19.1. The molecule has 0 saturated heterocycles. The van der Waals surface area contributed by atoms with E-state index < -0.39 is 11.7 Å². The van der Waals surface area contributed by atoms with Crippen molar-refractivity contribution in [2.45, 2.75) is 0 Å². The Morgan fingerprint density at radius 3 is 2.24 bits per heavy atom. The number of carbonyl (C=O) groups is 2. The lowest BCUT2D eigenvalue weighted by atomic mass is 10.2. The van der Waals surface area contributed by atoms with Crippen LogP contribution in [-0.2, 0) is 0 Å². The lowest BCUT2D eigenvalue weighted by Gasteiger charge is -2.07. The molecule has 0 aliphatic carbocycles. The van der Waals surface area contributed by atoms with Gasteiger partial charge in [-0.2, -0.15) is 0 Å². The molecule has 0 atom stereocenters. The number of hydrogen-bond acceptors (Lipinski definition) is 4. The number of hydrogen-bond donors (Lipinski definition) is 2. The van der Waals surface area contributed by atoms with Gasteiger partial charge in [0.2, 0.25) is 0 Å². The van der Waals surface area contributed by atoms with Crippen molar-refractivity contribution in [2.75, 3.05) is 10.6 Å². The van der Waals surface area contributed by atoms with Crippen molar-refractivity contribution in [3.05, 3.63) is 84.1 Å². The van der Waals surface area contributed by atoms with Crippen LogP contribution in [0.3, 0.4) is 0 Å². The van der Waals surface area contributed by atoms with Crippen molar-refractivity contribution >= 4 is 23.3 Å². The zero-order valence-electron chi connectivity index (χ0n) is 12.9. The van der Waals surface area contributed by atoms with Crippen molar-refractivity contribution in [1.82, 2.24) is 9.97 Å². The predicted molar refractivity (Wildman–Crippen MR) is 90.8 cm³/mol. The van der Waals surface area contributed by atoms with E-state index in [1.165, 1.54) is 36.7 Å². The molecule has 25 heavy (non-hydrogen) atoms. The summed E-state index contributed by atoms with van der Waals surface area (Å²) in [4.78, 5) is 32.0. The van der Waals surface area contributed by atoms with E-state index in [1.54, 1.807) is 30.5 Å². The van der Waals surface area contributed by atoms with Gasteiger partial charge in [-0.15, -0.1) is 0 Å². The molecule has 124 valence electrons. The summed E-state index contributed by atoms with van der Waals surface area (Å²) in [5.74, 6) is -0.810. The Labute approximate surface area is 142 Å². The van der Waals surface area contributed by atoms with Gasteiger partial charge < -0.3 is 10.6 Å². The van der Waals surface area contributed by atoms with Crippen molar-refractivity contribution in [2.24, 2.45) is 0 Å². The van der Waals surface area contributed by atoms with Crippen LogP contribution in [0.15, 0.2) is 67.1 Å². The number of rotatable bonds is 4. The number of nitrogens with zero attached hydrogens (tertiary/aromatic N) is 2. The quantitative estimate of drug-likeness (QED) is 0.767. The van der Waals surface area contributed by atoms with Gasteiger partial charge in [0.1, 0.15) is 11.6 Å². The lowest BCUT2D eigenvalue weighted by molar-refractivity contribution is 0.101. The van der Waals surface area contributed by atoms with Gasteiger partial charge in [-0.1, -0.05) is 0 Å². The second kappa shape index (κ2) is 7.31. The van der Waals surface area contributed by atoms with Crippen LogP contribution in [0.5, 0.6) is 0 Å². The van der Waals surface area contributed by atoms with Crippen LogP contribution in [-0.4, -0.2) is 21.8 Å². The first kappa shape index (κ1) is 16.3. The van der Waals surface area contributed by atoms with Gasteiger partial charge in [0.25, 0.3) is 11.8 Å². The molecule has 2 amide bonds. The Morgan fingerprint density at radius 1 is 0.840 bits per heavy atom. The fraction of sp³-hybridized carbons (Fsp3) is 0. The summed E-state index contributed by atoms with van der Waals surface area (Å²) in [5.41, 5.74) is 1.22. The maximum atomic E-state index is 12.9. The fourth-order valence-corrected chi connectivity index (χ4v) is 2.03. The molecule has 7 heteroatoms. The first-order chi connectivity index (χ1) is 12.1. The average molecular weight is 336 g/mol. The second-order valence-corrected chi connectivity index (χ2v) is 5.09. The Hall–Kier alpha value is -3.61. The molecule has 0 aliphatic heterocycles. The number of nitrogens with one attached hydrogen (secondary N) is 2. The molecule has 2 N–H and O–H groups in total. The van der Waals surface area contributed by atoms with Gasteiger partial charge in [-0.05, 0) is 48.5 Å². The van der Waals surface area contributed by atoms with Crippen LogP contribution in [0.2, 0.25) is 0 Å². The van der Waals surface area contributed by atoms with E-state index in [0.29, 0.717) is 22.6 Å². The number of pyridine rings is 2. The van der Waals surface area contributed by atoms with E-state index >= 15 is 0 Å². The van der Waals surface area contributed by atoms with Gasteiger partial charge in [0, 0.05) is 18.0 Å². The first-order valence-corrected chi connectivity index (χ1v) is 7.36. The Bertz CT molecular complexity index is 881. The van der Waals surface area contributed by atoms with Crippen LogP contribution in [0, 0.1) is 5.82 Å². The highest BCUT2D eigenvalue weighted by molar-refractivity contribution is 6.05. The molecule has 3 aromatic rings. The minimum Gasteiger partial charge on any atom is -0.321 e. The lowest BCUT2D eigenvalue weighted by Crippen LogP contribution is -2.14. The van der Waals surface area contributed by atoms with Gasteiger partial charge in [-0.25, -0.2) is 9.37 Å². The molecule has 0 aliphatic rings. The maximum Gasteiger partial charge on any atom is 0.257 e. The molecule has 0 radical (unpaired) electrons. The molecule has 3 rings (SSSR count). The van der Waals surface area contributed by atoms with Gasteiger partial charge in [0.15, 0.2) is 0 Å². The molecule has 2 heterocycles. The molecular weight excluding hydrogens is 323 g/mol. The van der Waals surface area contributed by atoms with Crippen molar-refractivity contribution < 1.29 is 14.0 Å². The number of carbonyl (C=O) groups excluding carboxylic acids is 2. The zero-order chi connectivity index (χ0) is 17.6. The number of amides is 2. The molecule has 0 unspecified atom stereocenters. The monoisotopic (exact) mass is 336 g/mol. The van der Waals surface area contributed by atoms with Crippen molar-refractivity contribution in [3.63, 3.8) is 0 Å². The van der Waals surface area contributed by atoms with Gasteiger partial charge in [-0.3, -0.25) is 14.6 Å². The number of aromatic nitrogens is 2. The molecule has 1 aromatic carbocycles. The summed E-state index contributed by atoms with van der Waals surface area (Å²) in [6.07, 6.45) is 4.46. The number of anilines is 2. The number of benzene rings is 1. The average Bonchev–Trinajstić information content (AvgIpc) is 2.64. The van der Waals surface area contributed by atoms with Gasteiger partial charge in [0.05, 0.1) is 17.4 Å². The van der Waals surface area contributed by atoms with E-state index in [0.717, 1.165) is 0 Å². The summed E-state index contributed by atoms with van der Waals surface area (Å²) in [7, 11) is 0. The summed E-state index contributed by atoms with van der Waals surface area (Å²) in [6, 6.07) is 11.7. The molecule has 6 nitrogen and oxygen atoms in total. The molecule has 0 saturated carbocycles. The van der Waals surface area contributed by atoms with E-state index in [-0.39, 0.29) is 5.91 Å². The molecule has 0 fully saturated rings. The largest absolute Gasteiger partial charge is 0.321 e. The third kappa shape index (κ3) is 4.23. The minimum absolute atomic E-state index is 0.307. The van der Waals surface area contributed by atoms with Crippen LogP contribution in [0.4, 0.5) is 15.9 Å². The van der Waals surface area contributed by atoms with Crippen molar-refractivity contribution in [1.29, 1.82) is 0 Å². The van der Waals surface area contributed by atoms with Crippen LogP contribution >= 0.6 is 0 Å². The van der Waals surface area contributed by atoms with E-state index in [9.17, 15) is 14.0 Å². The maximum absolute atomic E-state index is 12.9. The SMILES string of the molecule is O=C(Nc1ccc(NC(=O)c2ccc(F)cc2)nc1)c1cccnc1. The topological polar surface area (TPSA) is 84.0 Å². The zero-order valence-corrected chi connectivity index (χ0v) is 12.9. The summed E-state index contributed by atoms with van der Waals surface area (Å²) in [6.45, 7) is 0. The summed E-state index contributed by atoms with van der Waals surface area (Å²) < 4.78 is 12.9. The van der Waals surface area contributed by atoms with Crippen LogP contribution < -0.4 is 10.6 Å². The molecular formula is C18H13FN4O2. The third-order valence-electron chi connectivity index (χ3n) is 3.29. The van der Waals surface area contributed by atoms with Crippen molar-refractivity contribution in [3.8, 4) is 0 Å². The third-order valence-corrected chi connectivity index (χ3v) is 3.29. The molecule has 2 aromatic heterocycles. The van der Waals surface area contributed by atoms with Crippen LogP contribution in [0.1, 0.15) is 20.7 Å². The Kier molecular flexibility index (Phi) is 4.75. The molecule has 0 spiro atoms. The van der Waals surface area contributed by atoms with E-state index in [4.69, 9.17) is 0 Å². The smallest absolute Gasteiger partial charge is 0.257 e. The summed E-state index contributed by atoms with van der Waals surface area (Å²) in [5, 5.41) is 5.28. The minimum atomic E-state index is -0.414. The van der Waals surface area contributed by atoms with E-state index in [2.05, 4.69) is 20.6 Å². The highest BCUT2D eigenvalue weighted by Crippen LogP contribution is 2.12. The summed E-state index contributed by atoms with van der Waals surface area (Å²) >= 11 is 0. The standard InChI is InChI=1S/C18H13FN4O2/c19-14-5-3-12(4-6-14)17(24)23-16-8-7-15(11-21-16)22-18(25)13-2-1-9-20-10-13/h1-11H,(H,22,25)(H,21,23,24). The fourth-order valence-electron chi connectivity index (χ4n) is 2.03. The predicted octanol–water partition coefficient (Wildman–Crippen LogP) is 3.12. The Balaban J connectivity index is 1.63. The molecule has 0 bridgehead atoms. The van der Waals surface area contributed by atoms with Gasteiger partial charge >= 0.3 is 0 Å². The highest BCUT2D eigenvalue weighted by Gasteiger charge is 2.08. The second-order valence-electron chi connectivity index (χ2n) is 5.09. The first-order valence-electron chi connectivity index (χ1n) is 7.36. The van der Waals surface area contributed by atoms with E-state index in [1.807, 2.05) is 0 Å². The van der Waals surface area contributed by atoms with Crippen LogP contribution in [0.25, 0.3) is 0 Å².